The van der Waals surface area contributed by atoms with Gasteiger partial charge in [0.05, 0.1) is 18.7 Å². The molecule has 0 amide bonds. The Kier molecular flexibility index (Phi) is 5.17. The Morgan fingerprint density at radius 3 is 2.83 bits per heavy atom. The number of aromatic amines is 1. The molecular formula is C28H30N6O. The summed E-state index contributed by atoms with van der Waals surface area (Å²) >= 11 is 0. The molecule has 7 rings (SSSR count). The fraction of sp³-hybridized carbons (Fsp3) is 0.357. The highest BCUT2D eigenvalue weighted by atomic mass is 16.5. The van der Waals surface area contributed by atoms with Crippen LogP contribution in [-0.4, -0.2) is 76.7 Å². The van der Waals surface area contributed by atoms with Crippen molar-refractivity contribution in [3.8, 4) is 11.4 Å². The molecule has 0 aliphatic carbocycles. The first-order valence-electron chi connectivity index (χ1n) is 12.7. The SMILES string of the molecule is C1=CN2CCN(Cc3cccc4nc(-c5cccc6[nH]ccc56)nc(N5CCOCC5)c34)C[C@@H]2C1. The van der Waals surface area contributed by atoms with E-state index in [1.54, 1.807) is 0 Å². The van der Waals surface area contributed by atoms with Crippen molar-refractivity contribution in [2.75, 3.05) is 50.8 Å². The summed E-state index contributed by atoms with van der Waals surface area (Å²) in [6.07, 6.45) is 7.72. The van der Waals surface area contributed by atoms with E-state index in [9.17, 15) is 0 Å². The molecule has 1 atom stereocenters. The lowest BCUT2D eigenvalue weighted by molar-refractivity contribution is 0.117. The second-order valence-electron chi connectivity index (χ2n) is 9.77. The molecule has 7 nitrogen and oxygen atoms in total. The molecule has 3 aliphatic heterocycles. The van der Waals surface area contributed by atoms with E-state index in [4.69, 9.17) is 14.7 Å². The summed E-state index contributed by atoms with van der Waals surface area (Å²) in [5.74, 6) is 1.82. The number of hydrogen-bond acceptors (Lipinski definition) is 6. The maximum Gasteiger partial charge on any atom is 0.162 e. The van der Waals surface area contributed by atoms with Crippen molar-refractivity contribution in [3.05, 3.63) is 66.5 Å². The largest absolute Gasteiger partial charge is 0.378 e. The molecule has 1 N–H and O–H groups in total. The van der Waals surface area contributed by atoms with Crippen LogP contribution in [-0.2, 0) is 11.3 Å². The smallest absolute Gasteiger partial charge is 0.162 e. The lowest BCUT2D eigenvalue weighted by atomic mass is 10.0. The Bertz CT molecular complexity index is 1410. The second kappa shape index (κ2) is 8.66. The minimum atomic E-state index is 0.613. The van der Waals surface area contributed by atoms with Gasteiger partial charge in [-0.3, -0.25) is 4.90 Å². The molecule has 2 fully saturated rings. The fourth-order valence-electron chi connectivity index (χ4n) is 5.85. The van der Waals surface area contributed by atoms with E-state index in [0.717, 1.165) is 92.5 Å². The number of fused-ring (bicyclic) bond motifs is 3. The number of nitrogens with one attached hydrogen (secondary N) is 1. The molecule has 178 valence electrons. The van der Waals surface area contributed by atoms with E-state index in [0.29, 0.717) is 6.04 Å². The number of rotatable bonds is 4. The van der Waals surface area contributed by atoms with Crippen LogP contribution in [0.5, 0.6) is 0 Å². The molecule has 2 aromatic heterocycles. The van der Waals surface area contributed by atoms with E-state index >= 15 is 0 Å². The Hall–Kier alpha value is -3.42. The van der Waals surface area contributed by atoms with Crippen LogP contribution in [0.1, 0.15) is 12.0 Å². The van der Waals surface area contributed by atoms with Crippen LogP contribution in [0, 0.1) is 0 Å². The van der Waals surface area contributed by atoms with E-state index in [1.807, 2.05) is 6.20 Å². The van der Waals surface area contributed by atoms with E-state index in [-0.39, 0.29) is 0 Å². The van der Waals surface area contributed by atoms with Crippen LogP contribution in [0.3, 0.4) is 0 Å². The number of anilines is 1. The summed E-state index contributed by atoms with van der Waals surface area (Å²) in [5, 5.41) is 2.34. The third-order valence-corrected chi connectivity index (χ3v) is 7.65. The predicted octanol–water partition coefficient (Wildman–Crippen LogP) is 4.02. The first kappa shape index (κ1) is 20.9. The highest BCUT2D eigenvalue weighted by Crippen LogP contribution is 2.34. The standard InChI is InChI=1S/C28H30N6O/c1-4-20(18-32-12-13-33-11-3-5-21(33)19-32)26-25(8-1)30-27(31-28(26)34-14-16-35-17-15-34)23-6-2-7-24-22(23)9-10-29-24/h1-4,6-11,21,29H,5,12-19H2/t21-/m0/s1. The van der Waals surface area contributed by atoms with Gasteiger partial charge in [0.15, 0.2) is 5.82 Å². The number of hydrogen-bond donors (Lipinski definition) is 1. The normalized spacial score (nSPS) is 20.7. The van der Waals surface area contributed by atoms with Gasteiger partial charge < -0.3 is 19.5 Å². The van der Waals surface area contributed by atoms with Crippen molar-refractivity contribution < 1.29 is 4.74 Å². The summed E-state index contributed by atoms with van der Waals surface area (Å²) in [7, 11) is 0. The molecule has 0 radical (unpaired) electrons. The summed E-state index contributed by atoms with van der Waals surface area (Å²) < 4.78 is 5.68. The van der Waals surface area contributed by atoms with Crippen LogP contribution in [0.15, 0.2) is 60.9 Å². The zero-order valence-corrected chi connectivity index (χ0v) is 19.9. The molecule has 5 heterocycles. The lowest BCUT2D eigenvalue weighted by Gasteiger charge is -2.38. The predicted molar refractivity (Wildman–Crippen MR) is 139 cm³/mol. The minimum absolute atomic E-state index is 0.613. The fourth-order valence-corrected chi connectivity index (χ4v) is 5.85. The first-order chi connectivity index (χ1) is 17.3. The van der Waals surface area contributed by atoms with Gasteiger partial charge in [-0.2, -0.15) is 0 Å². The zero-order valence-electron chi connectivity index (χ0n) is 19.9. The van der Waals surface area contributed by atoms with Crippen molar-refractivity contribution in [1.29, 1.82) is 0 Å². The van der Waals surface area contributed by atoms with Gasteiger partial charge in [0.2, 0.25) is 0 Å². The van der Waals surface area contributed by atoms with Crippen LogP contribution >= 0.6 is 0 Å². The van der Waals surface area contributed by atoms with Gasteiger partial charge in [-0.15, -0.1) is 0 Å². The topological polar surface area (TPSA) is 60.5 Å². The van der Waals surface area contributed by atoms with Gasteiger partial charge in [-0.05, 0) is 36.4 Å². The average Bonchev–Trinajstić information content (AvgIpc) is 3.58. The zero-order chi connectivity index (χ0) is 23.2. The molecule has 0 saturated carbocycles. The highest BCUT2D eigenvalue weighted by molar-refractivity contribution is 5.98. The molecule has 35 heavy (non-hydrogen) atoms. The molecule has 0 spiro atoms. The van der Waals surface area contributed by atoms with E-state index in [2.05, 4.69) is 74.4 Å². The Labute approximate surface area is 205 Å². The number of nitrogens with zero attached hydrogens (tertiary/aromatic N) is 5. The lowest BCUT2D eigenvalue weighted by Crippen LogP contribution is -2.48. The van der Waals surface area contributed by atoms with Gasteiger partial charge in [-0.25, -0.2) is 9.97 Å². The number of ether oxygens (including phenoxy) is 1. The molecule has 0 bridgehead atoms. The second-order valence-corrected chi connectivity index (χ2v) is 9.77. The van der Waals surface area contributed by atoms with E-state index < -0.39 is 0 Å². The molecule has 2 aromatic carbocycles. The van der Waals surface area contributed by atoms with Gasteiger partial charge in [-0.1, -0.05) is 30.3 Å². The quantitative estimate of drug-likeness (QED) is 0.490. The molecule has 2 saturated heterocycles. The van der Waals surface area contributed by atoms with Crippen molar-refractivity contribution >= 4 is 27.6 Å². The third kappa shape index (κ3) is 3.75. The highest BCUT2D eigenvalue weighted by Gasteiger charge is 2.28. The van der Waals surface area contributed by atoms with Crippen LogP contribution in [0.25, 0.3) is 33.2 Å². The first-order valence-corrected chi connectivity index (χ1v) is 12.7. The Morgan fingerprint density at radius 2 is 1.89 bits per heavy atom. The van der Waals surface area contributed by atoms with Crippen molar-refractivity contribution in [3.63, 3.8) is 0 Å². The number of morpholine rings is 1. The summed E-state index contributed by atoms with van der Waals surface area (Å²) in [4.78, 5) is 21.2. The molecule has 3 aliphatic rings. The summed E-state index contributed by atoms with van der Waals surface area (Å²) in [5.41, 5.74) is 4.50. The van der Waals surface area contributed by atoms with Gasteiger partial charge in [0.25, 0.3) is 0 Å². The van der Waals surface area contributed by atoms with Gasteiger partial charge >= 0.3 is 0 Å². The maximum absolute atomic E-state index is 5.68. The Balaban J connectivity index is 1.33. The summed E-state index contributed by atoms with van der Waals surface area (Å²) in [6.45, 7) is 7.36. The average molecular weight is 467 g/mol. The maximum atomic E-state index is 5.68. The van der Waals surface area contributed by atoms with Crippen LogP contribution in [0.4, 0.5) is 5.82 Å². The minimum Gasteiger partial charge on any atom is -0.378 e. The monoisotopic (exact) mass is 466 g/mol. The molecule has 7 heteroatoms. The number of benzene rings is 2. The number of H-pyrrole nitrogens is 1. The van der Waals surface area contributed by atoms with Crippen molar-refractivity contribution in [1.82, 2.24) is 24.8 Å². The van der Waals surface area contributed by atoms with E-state index in [1.165, 1.54) is 10.9 Å². The third-order valence-electron chi connectivity index (χ3n) is 7.65. The number of piperazine rings is 1. The van der Waals surface area contributed by atoms with Crippen LogP contribution < -0.4 is 4.90 Å². The molecule has 0 unspecified atom stereocenters. The van der Waals surface area contributed by atoms with Crippen molar-refractivity contribution in [2.24, 2.45) is 0 Å². The van der Waals surface area contributed by atoms with Crippen molar-refractivity contribution in [2.45, 2.75) is 19.0 Å². The summed E-state index contributed by atoms with van der Waals surface area (Å²) in [6, 6.07) is 15.6. The van der Waals surface area contributed by atoms with Gasteiger partial charge in [0, 0.05) is 73.4 Å². The number of aromatic nitrogens is 3. The van der Waals surface area contributed by atoms with Gasteiger partial charge in [0.1, 0.15) is 5.82 Å². The Morgan fingerprint density at radius 1 is 0.971 bits per heavy atom. The van der Waals surface area contributed by atoms with Crippen LogP contribution in [0.2, 0.25) is 0 Å². The molecule has 4 aromatic rings. The molecular weight excluding hydrogens is 436 g/mol.